The van der Waals surface area contributed by atoms with Crippen LogP contribution in [0.25, 0.3) is 5.76 Å². The summed E-state index contributed by atoms with van der Waals surface area (Å²) < 4.78 is 7.89. The molecule has 0 amide bonds. The van der Waals surface area contributed by atoms with E-state index in [4.69, 9.17) is 11.2 Å². The van der Waals surface area contributed by atoms with Gasteiger partial charge in [-0.3, -0.25) is 4.98 Å². The van der Waals surface area contributed by atoms with Crippen LogP contribution in [0.5, 0.6) is 5.75 Å². The number of fused-ring (bicyclic) bond motifs is 1. The molecule has 1 aromatic carbocycles. The summed E-state index contributed by atoms with van der Waals surface area (Å²) in [5, 5.41) is 0. The first kappa shape index (κ1) is 15.3. The van der Waals surface area contributed by atoms with Gasteiger partial charge in [-0.1, -0.05) is 25.8 Å². The van der Waals surface area contributed by atoms with E-state index in [1.807, 2.05) is 18.2 Å². The van der Waals surface area contributed by atoms with Crippen LogP contribution >= 0.6 is 31.9 Å². The predicted octanol–water partition coefficient (Wildman–Crippen LogP) is 5.30. The monoisotopic (exact) mass is 417 g/mol. The van der Waals surface area contributed by atoms with Crippen molar-refractivity contribution in [2.75, 3.05) is 0 Å². The maximum atomic E-state index is 6.14. The summed E-state index contributed by atoms with van der Waals surface area (Å²) in [4.78, 5) is 4.14. The summed E-state index contributed by atoms with van der Waals surface area (Å²) in [6, 6.07) is 5.89. The molecule has 0 N–H and O–H groups in total. The molecule has 0 atom stereocenters. The summed E-state index contributed by atoms with van der Waals surface area (Å²) in [7, 11) is 0. The Morgan fingerprint density at radius 3 is 2.50 bits per heavy atom. The molecule has 0 fully saturated rings. The van der Waals surface area contributed by atoms with Crippen LogP contribution in [-0.4, -0.2) is 4.98 Å². The number of hydrogen-bond donors (Lipinski definition) is 0. The molecule has 2 heterocycles. The van der Waals surface area contributed by atoms with Crippen molar-refractivity contribution in [3.8, 4) is 18.1 Å². The minimum atomic E-state index is -0.155. The smallest absolute Gasteiger partial charge is 0.133 e. The zero-order valence-electron chi connectivity index (χ0n) is 12.2. The van der Waals surface area contributed by atoms with Gasteiger partial charge in [-0.25, -0.2) is 0 Å². The molecular formula is C18H13Br2NO. The molecule has 2 aromatic rings. The van der Waals surface area contributed by atoms with Crippen LogP contribution in [0.2, 0.25) is 0 Å². The van der Waals surface area contributed by atoms with Crippen LogP contribution < -0.4 is 4.74 Å². The van der Waals surface area contributed by atoms with Gasteiger partial charge in [-0.15, -0.1) is 6.42 Å². The largest absolute Gasteiger partial charge is 0.457 e. The van der Waals surface area contributed by atoms with Gasteiger partial charge < -0.3 is 4.74 Å². The van der Waals surface area contributed by atoms with E-state index >= 15 is 0 Å². The van der Waals surface area contributed by atoms with Gasteiger partial charge in [0.25, 0.3) is 0 Å². The van der Waals surface area contributed by atoms with Crippen molar-refractivity contribution in [1.82, 2.24) is 4.98 Å². The molecule has 1 aliphatic heterocycles. The Morgan fingerprint density at radius 2 is 1.86 bits per heavy atom. The number of pyridine rings is 1. The van der Waals surface area contributed by atoms with Crippen molar-refractivity contribution in [2.45, 2.75) is 19.3 Å². The van der Waals surface area contributed by atoms with Crippen molar-refractivity contribution in [1.29, 1.82) is 0 Å². The normalized spacial score (nSPS) is 15.3. The summed E-state index contributed by atoms with van der Waals surface area (Å²) in [5.74, 6) is 4.24. The highest BCUT2D eigenvalue weighted by Crippen LogP contribution is 2.43. The molecule has 0 bridgehead atoms. The summed E-state index contributed by atoms with van der Waals surface area (Å²) in [5.41, 5.74) is 2.72. The van der Waals surface area contributed by atoms with Gasteiger partial charge >= 0.3 is 0 Å². The Kier molecular flexibility index (Phi) is 3.88. The molecule has 0 aliphatic carbocycles. The van der Waals surface area contributed by atoms with Crippen LogP contribution in [0, 0.1) is 12.3 Å². The van der Waals surface area contributed by atoms with Crippen molar-refractivity contribution < 1.29 is 4.74 Å². The van der Waals surface area contributed by atoms with E-state index in [0.717, 1.165) is 37.1 Å². The SMILES string of the molecule is C#Cc1ccc2c(c1)OC(c1c(Br)cncc1Br)=CC2(C)C. The first-order chi connectivity index (χ1) is 10.4. The molecular weight excluding hydrogens is 406 g/mol. The Hall–Kier alpha value is -1.57. The van der Waals surface area contributed by atoms with Gasteiger partial charge in [0.05, 0.1) is 0 Å². The summed E-state index contributed by atoms with van der Waals surface area (Å²) in [6.07, 6.45) is 11.1. The fraction of sp³-hybridized carbons (Fsp3) is 0.167. The Morgan fingerprint density at radius 1 is 1.18 bits per heavy atom. The Bertz CT molecular complexity index is 811. The standard InChI is InChI=1S/C18H13Br2NO/c1-4-11-5-6-12-15(7-11)22-16(8-18(12,2)3)17-13(19)9-21-10-14(17)20/h1,5-10H,2-3H3. The summed E-state index contributed by atoms with van der Waals surface area (Å²) >= 11 is 7.09. The molecule has 1 aromatic heterocycles. The molecule has 0 saturated carbocycles. The average Bonchev–Trinajstić information content (AvgIpc) is 2.45. The molecule has 0 unspecified atom stereocenters. The predicted molar refractivity (Wildman–Crippen MR) is 95.6 cm³/mol. The third kappa shape index (κ3) is 2.60. The number of ether oxygens (including phenoxy) is 1. The minimum absolute atomic E-state index is 0.155. The van der Waals surface area contributed by atoms with E-state index in [2.05, 4.69) is 62.7 Å². The van der Waals surface area contributed by atoms with Gasteiger partial charge in [0, 0.05) is 43.4 Å². The average molecular weight is 419 g/mol. The maximum Gasteiger partial charge on any atom is 0.133 e. The number of benzene rings is 1. The lowest BCUT2D eigenvalue weighted by Gasteiger charge is -2.31. The van der Waals surface area contributed by atoms with E-state index < -0.39 is 0 Å². The third-order valence-electron chi connectivity index (χ3n) is 3.65. The number of hydrogen-bond acceptors (Lipinski definition) is 2. The van der Waals surface area contributed by atoms with Crippen molar-refractivity contribution >= 4 is 37.6 Å². The van der Waals surface area contributed by atoms with Crippen LogP contribution in [0.4, 0.5) is 0 Å². The topological polar surface area (TPSA) is 22.1 Å². The van der Waals surface area contributed by atoms with Crippen LogP contribution in [-0.2, 0) is 5.41 Å². The third-order valence-corrected chi connectivity index (χ3v) is 4.86. The second-order valence-corrected chi connectivity index (χ2v) is 7.37. The molecule has 2 nitrogen and oxygen atoms in total. The molecule has 3 rings (SSSR count). The highest BCUT2D eigenvalue weighted by atomic mass is 79.9. The Labute approximate surface area is 146 Å². The van der Waals surface area contributed by atoms with Gasteiger partial charge in [0.2, 0.25) is 0 Å². The van der Waals surface area contributed by atoms with Gasteiger partial charge in [-0.2, -0.15) is 0 Å². The minimum Gasteiger partial charge on any atom is -0.457 e. The molecule has 0 radical (unpaired) electrons. The number of terminal acetylenes is 1. The first-order valence-corrected chi connectivity index (χ1v) is 8.32. The summed E-state index contributed by atoms with van der Waals surface area (Å²) in [6.45, 7) is 4.32. The lowest BCUT2D eigenvalue weighted by molar-refractivity contribution is 0.460. The molecule has 0 saturated heterocycles. The fourth-order valence-electron chi connectivity index (χ4n) is 2.55. The molecule has 0 spiro atoms. The van der Waals surface area contributed by atoms with Crippen molar-refractivity contribution in [2.24, 2.45) is 0 Å². The fourth-order valence-corrected chi connectivity index (χ4v) is 3.87. The van der Waals surface area contributed by atoms with Crippen LogP contribution in [0.1, 0.15) is 30.5 Å². The molecule has 4 heteroatoms. The lowest BCUT2D eigenvalue weighted by atomic mass is 9.81. The van der Waals surface area contributed by atoms with E-state index in [-0.39, 0.29) is 5.41 Å². The van der Waals surface area contributed by atoms with Crippen LogP contribution in [0.15, 0.2) is 45.6 Å². The van der Waals surface area contributed by atoms with Gasteiger partial charge in [0.1, 0.15) is 11.5 Å². The second-order valence-electron chi connectivity index (χ2n) is 5.67. The molecule has 1 aliphatic rings. The number of allylic oxidation sites excluding steroid dienone is 1. The van der Waals surface area contributed by atoms with Crippen molar-refractivity contribution in [3.05, 3.63) is 62.3 Å². The van der Waals surface area contributed by atoms with Crippen molar-refractivity contribution in [3.63, 3.8) is 0 Å². The lowest BCUT2D eigenvalue weighted by Crippen LogP contribution is -2.21. The zero-order chi connectivity index (χ0) is 15.9. The van der Waals surface area contributed by atoms with E-state index in [1.54, 1.807) is 12.4 Å². The number of halogens is 2. The van der Waals surface area contributed by atoms with E-state index in [1.165, 1.54) is 0 Å². The number of nitrogens with zero attached hydrogens (tertiary/aromatic N) is 1. The Balaban J connectivity index is 2.17. The molecule has 22 heavy (non-hydrogen) atoms. The van der Waals surface area contributed by atoms with Crippen LogP contribution in [0.3, 0.4) is 0 Å². The quantitative estimate of drug-likeness (QED) is 0.586. The first-order valence-electron chi connectivity index (χ1n) is 6.73. The highest BCUT2D eigenvalue weighted by Gasteiger charge is 2.30. The van der Waals surface area contributed by atoms with E-state index in [0.29, 0.717) is 0 Å². The number of rotatable bonds is 1. The van der Waals surface area contributed by atoms with Gasteiger partial charge in [0.15, 0.2) is 0 Å². The van der Waals surface area contributed by atoms with E-state index in [9.17, 15) is 0 Å². The zero-order valence-corrected chi connectivity index (χ0v) is 15.3. The highest BCUT2D eigenvalue weighted by molar-refractivity contribution is 9.11. The molecule has 110 valence electrons. The second kappa shape index (κ2) is 5.57. The van der Waals surface area contributed by atoms with Gasteiger partial charge in [-0.05, 0) is 50.1 Å². The maximum absolute atomic E-state index is 6.14. The number of aromatic nitrogens is 1.